The van der Waals surface area contributed by atoms with Crippen molar-refractivity contribution in [2.24, 2.45) is 0 Å². The Morgan fingerprint density at radius 1 is 0.864 bits per heavy atom. The van der Waals surface area contributed by atoms with Gasteiger partial charge in [0.15, 0.2) is 0 Å². The molecule has 0 aromatic heterocycles. The molecule has 0 saturated heterocycles. The number of unbranched alkanes of at least 4 members (excludes halogenated alkanes) is 5. The molecule has 0 spiro atoms. The molecule has 0 bridgehead atoms. The van der Waals surface area contributed by atoms with Gasteiger partial charge in [0.25, 0.3) is 10.1 Å². The first-order valence-corrected chi connectivity index (χ1v) is 8.14. The number of carbonyl (C=O) groups is 2. The smallest absolute Gasteiger partial charge is 0.550 e. The molecule has 0 radical (unpaired) electrons. The van der Waals surface area contributed by atoms with E-state index in [1.54, 1.807) is 0 Å². The summed E-state index contributed by atoms with van der Waals surface area (Å²) in [5.41, 5.74) is 0. The van der Waals surface area contributed by atoms with E-state index in [0.29, 0.717) is 6.42 Å². The molecule has 0 saturated carbocycles. The summed E-state index contributed by atoms with van der Waals surface area (Å²) in [6.07, 6.45) is 5.20. The second-order valence-corrected chi connectivity index (χ2v) is 5.87. The average molecular weight is 356 g/mol. The van der Waals surface area contributed by atoms with Crippen LogP contribution in [0.25, 0.3) is 0 Å². The summed E-state index contributed by atoms with van der Waals surface area (Å²) >= 11 is 0. The third-order valence-electron chi connectivity index (χ3n) is 2.29. The van der Waals surface area contributed by atoms with Crippen molar-refractivity contribution in [1.82, 2.24) is 0 Å². The van der Waals surface area contributed by atoms with Gasteiger partial charge in [-0.3, -0.25) is 4.55 Å². The summed E-state index contributed by atoms with van der Waals surface area (Å²) in [7, 11) is -3.72. The zero-order chi connectivity index (χ0) is 16.0. The van der Waals surface area contributed by atoms with Gasteiger partial charge in [0.05, 0.1) is 5.75 Å². The van der Waals surface area contributed by atoms with Crippen molar-refractivity contribution < 1.29 is 91.9 Å². The van der Waals surface area contributed by atoms with Gasteiger partial charge in [-0.2, -0.15) is 8.42 Å². The average Bonchev–Trinajstić information content (AvgIpc) is 2.30. The summed E-state index contributed by atoms with van der Waals surface area (Å²) in [5.74, 6) is -2.82. The molecule has 120 valence electrons. The Morgan fingerprint density at radius 2 is 1.23 bits per heavy atom. The van der Waals surface area contributed by atoms with Crippen LogP contribution in [-0.2, 0) is 19.7 Å². The Labute approximate surface area is 176 Å². The fourth-order valence-corrected chi connectivity index (χ4v) is 1.84. The van der Waals surface area contributed by atoms with Crippen molar-refractivity contribution in [2.45, 2.75) is 58.3 Å². The SMILES string of the molecule is CCCCCCCCS(=O)(=O)O.O=C([O-])CCC(=O)[O-].[Na+].[Na+]. The van der Waals surface area contributed by atoms with Gasteiger partial charge >= 0.3 is 59.1 Å². The van der Waals surface area contributed by atoms with Crippen LogP contribution in [0, 0.1) is 0 Å². The van der Waals surface area contributed by atoms with Gasteiger partial charge in [-0.1, -0.05) is 39.0 Å². The maximum Gasteiger partial charge on any atom is 1.00 e. The van der Waals surface area contributed by atoms with Crippen LogP contribution < -0.4 is 69.3 Å². The zero-order valence-electron chi connectivity index (χ0n) is 13.7. The van der Waals surface area contributed by atoms with E-state index >= 15 is 0 Å². The van der Waals surface area contributed by atoms with Gasteiger partial charge in [-0.05, 0) is 19.3 Å². The summed E-state index contributed by atoms with van der Waals surface area (Å²) in [5, 5.41) is 19.0. The summed E-state index contributed by atoms with van der Waals surface area (Å²) in [4.78, 5) is 19.0. The number of aliphatic carboxylic acids is 2. The number of hydrogen-bond acceptors (Lipinski definition) is 6. The van der Waals surface area contributed by atoms with Crippen molar-refractivity contribution in [3.63, 3.8) is 0 Å². The molecule has 0 fully saturated rings. The van der Waals surface area contributed by atoms with Gasteiger partial charge in [-0.25, -0.2) is 0 Å². The van der Waals surface area contributed by atoms with Crippen LogP contribution in [0.3, 0.4) is 0 Å². The second-order valence-electron chi connectivity index (χ2n) is 4.30. The molecule has 7 nitrogen and oxygen atoms in total. The topological polar surface area (TPSA) is 135 Å². The van der Waals surface area contributed by atoms with E-state index in [1.165, 1.54) is 19.3 Å². The molecule has 10 heteroatoms. The minimum Gasteiger partial charge on any atom is -0.550 e. The fourth-order valence-electron chi connectivity index (χ4n) is 1.27. The Kier molecular flexibility index (Phi) is 27.8. The molecule has 0 amide bonds. The predicted octanol–water partition coefficient (Wildman–Crippen LogP) is -6.49. The van der Waals surface area contributed by atoms with Crippen LogP contribution in [0.5, 0.6) is 0 Å². The molecular formula is C12H22Na2O7S. The molecule has 0 aliphatic heterocycles. The van der Waals surface area contributed by atoms with Gasteiger partial charge in [-0.15, -0.1) is 0 Å². The Morgan fingerprint density at radius 3 is 1.55 bits per heavy atom. The third kappa shape index (κ3) is 37.3. The molecule has 0 aromatic rings. The van der Waals surface area contributed by atoms with Crippen molar-refractivity contribution in [3.05, 3.63) is 0 Å². The van der Waals surface area contributed by atoms with Gasteiger partial charge < -0.3 is 19.8 Å². The van der Waals surface area contributed by atoms with E-state index in [-0.39, 0.29) is 64.9 Å². The van der Waals surface area contributed by atoms with Gasteiger partial charge in [0.2, 0.25) is 0 Å². The molecule has 0 atom stereocenters. The van der Waals surface area contributed by atoms with Crippen LogP contribution >= 0.6 is 0 Å². The zero-order valence-corrected chi connectivity index (χ0v) is 18.5. The first-order valence-electron chi connectivity index (χ1n) is 6.54. The molecule has 0 aromatic carbocycles. The van der Waals surface area contributed by atoms with Crippen LogP contribution in [0.2, 0.25) is 0 Å². The standard InChI is InChI=1S/C8H18O3S.C4H6O4.2Na/c1-2-3-4-5-6-7-8-12(9,10)11;5-3(6)1-2-4(7)8;;/h2-8H2,1H3,(H,9,10,11);1-2H2,(H,5,6)(H,7,8);;/q;;2*+1/p-2. The molecule has 0 aliphatic rings. The largest absolute Gasteiger partial charge is 1.00 e. The number of hydrogen-bond donors (Lipinski definition) is 1. The molecule has 1 N–H and O–H groups in total. The fraction of sp³-hybridized carbons (Fsp3) is 0.833. The Bertz CT molecular complexity index is 358. The van der Waals surface area contributed by atoms with Gasteiger partial charge in [0, 0.05) is 11.9 Å². The molecular weight excluding hydrogens is 334 g/mol. The predicted molar refractivity (Wildman–Crippen MR) is 69.0 cm³/mol. The van der Waals surface area contributed by atoms with E-state index in [0.717, 1.165) is 12.8 Å². The Balaban J connectivity index is -0.000000144. The van der Waals surface area contributed by atoms with E-state index < -0.39 is 34.9 Å². The first kappa shape index (κ1) is 30.7. The maximum absolute atomic E-state index is 10.3. The van der Waals surface area contributed by atoms with E-state index in [9.17, 15) is 28.2 Å². The summed E-state index contributed by atoms with van der Waals surface area (Å²) < 4.78 is 28.9. The number of carboxylic acids is 2. The summed E-state index contributed by atoms with van der Waals surface area (Å²) in [6, 6.07) is 0. The number of carboxylic acid groups (broad SMARTS) is 2. The third-order valence-corrected chi connectivity index (χ3v) is 3.09. The van der Waals surface area contributed by atoms with Crippen LogP contribution in [-0.4, -0.2) is 30.7 Å². The number of rotatable bonds is 10. The minimum atomic E-state index is -3.72. The second kappa shape index (κ2) is 19.9. The van der Waals surface area contributed by atoms with Crippen LogP contribution in [0.4, 0.5) is 0 Å². The molecule has 0 heterocycles. The first-order chi connectivity index (χ1) is 9.19. The molecule has 0 aliphatic carbocycles. The van der Waals surface area contributed by atoms with Crippen molar-refractivity contribution in [1.29, 1.82) is 0 Å². The van der Waals surface area contributed by atoms with E-state index in [1.807, 2.05) is 0 Å². The van der Waals surface area contributed by atoms with Crippen LogP contribution in [0.1, 0.15) is 58.3 Å². The minimum absolute atomic E-state index is 0. The number of carbonyl (C=O) groups excluding carboxylic acids is 2. The van der Waals surface area contributed by atoms with E-state index in [4.69, 9.17) is 4.55 Å². The summed E-state index contributed by atoms with van der Waals surface area (Å²) in [6.45, 7) is 2.14. The quantitative estimate of drug-likeness (QED) is 0.234. The monoisotopic (exact) mass is 356 g/mol. The Hall–Kier alpha value is 0.850. The normalized spacial score (nSPS) is 9.55. The maximum atomic E-state index is 10.3. The van der Waals surface area contributed by atoms with Crippen LogP contribution in [0.15, 0.2) is 0 Å². The molecule has 22 heavy (non-hydrogen) atoms. The molecule has 0 rings (SSSR count). The molecule has 0 unspecified atom stereocenters. The van der Waals surface area contributed by atoms with E-state index in [2.05, 4.69) is 6.92 Å². The van der Waals surface area contributed by atoms with Crippen molar-refractivity contribution >= 4 is 22.1 Å². The van der Waals surface area contributed by atoms with Crippen molar-refractivity contribution in [2.75, 3.05) is 5.75 Å². The van der Waals surface area contributed by atoms with Gasteiger partial charge in [0.1, 0.15) is 0 Å². The van der Waals surface area contributed by atoms with Crippen molar-refractivity contribution in [3.8, 4) is 0 Å².